The van der Waals surface area contributed by atoms with Crippen molar-refractivity contribution in [1.29, 1.82) is 0 Å². The molecule has 0 saturated heterocycles. The van der Waals surface area contributed by atoms with Gasteiger partial charge in [0.1, 0.15) is 12.4 Å². The van der Waals surface area contributed by atoms with Gasteiger partial charge in [-0.3, -0.25) is 4.79 Å². The molecule has 0 spiro atoms. The van der Waals surface area contributed by atoms with Crippen LogP contribution in [0.5, 0.6) is 5.75 Å². The van der Waals surface area contributed by atoms with E-state index >= 15 is 0 Å². The van der Waals surface area contributed by atoms with Crippen LogP contribution in [-0.2, 0) is 5.54 Å². The second kappa shape index (κ2) is 5.73. The summed E-state index contributed by atoms with van der Waals surface area (Å²) < 4.78 is 24.8. The van der Waals surface area contributed by atoms with Crippen LogP contribution in [-0.4, -0.2) is 17.9 Å². The summed E-state index contributed by atoms with van der Waals surface area (Å²) in [7, 11) is 0. The Morgan fingerprint density at radius 2 is 2.19 bits per heavy atom. The minimum Gasteiger partial charge on any atom is -0.489 e. The number of aromatic nitrogens is 1. The molecule has 21 heavy (non-hydrogen) atoms. The van der Waals surface area contributed by atoms with E-state index in [1.54, 1.807) is 18.2 Å². The van der Waals surface area contributed by atoms with Gasteiger partial charge in [-0.2, -0.15) is 4.74 Å². The highest BCUT2D eigenvalue weighted by Gasteiger charge is 2.21. The van der Waals surface area contributed by atoms with Crippen molar-refractivity contribution in [1.82, 2.24) is 4.74 Å². The lowest BCUT2D eigenvalue weighted by atomic mass is 10.1. The fourth-order valence-electron chi connectivity index (χ4n) is 1.85. The van der Waals surface area contributed by atoms with Gasteiger partial charge in [0.05, 0.1) is 17.3 Å². The summed E-state index contributed by atoms with van der Waals surface area (Å²) in [4.78, 5) is 12.2. The molecular formula is C15H19FN2O3. The van der Waals surface area contributed by atoms with Crippen LogP contribution in [0.2, 0.25) is 0 Å². The third-order valence-corrected chi connectivity index (χ3v) is 3.01. The minimum atomic E-state index is -0.444. The fraction of sp³-hybridized carbons (Fsp3) is 0.400. The van der Waals surface area contributed by atoms with Crippen LogP contribution < -0.4 is 16.0 Å². The Hall–Kier alpha value is -2.08. The van der Waals surface area contributed by atoms with Gasteiger partial charge in [-0.05, 0) is 32.9 Å². The van der Waals surface area contributed by atoms with Gasteiger partial charge in [-0.15, -0.1) is 0 Å². The predicted octanol–water partition coefficient (Wildman–Crippen LogP) is 2.54. The Morgan fingerprint density at radius 1 is 1.48 bits per heavy atom. The average molecular weight is 294 g/mol. The zero-order valence-electron chi connectivity index (χ0n) is 12.4. The Balaban J connectivity index is 2.33. The second-order valence-corrected chi connectivity index (χ2v) is 5.78. The fourth-order valence-corrected chi connectivity index (χ4v) is 1.85. The van der Waals surface area contributed by atoms with E-state index in [0.717, 1.165) is 0 Å². The van der Waals surface area contributed by atoms with E-state index in [1.807, 2.05) is 20.8 Å². The number of halogens is 1. The third kappa shape index (κ3) is 3.16. The second-order valence-electron chi connectivity index (χ2n) is 5.78. The monoisotopic (exact) mass is 294 g/mol. The summed E-state index contributed by atoms with van der Waals surface area (Å²) in [5.41, 5.74) is 5.52. The van der Waals surface area contributed by atoms with Crippen LogP contribution in [0.25, 0.3) is 11.0 Å². The predicted molar refractivity (Wildman–Crippen MR) is 79.2 cm³/mol. The number of nitrogens with zero attached hydrogens (tertiary/aromatic N) is 1. The molecule has 0 aliphatic carbocycles. The summed E-state index contributed by atoms with van der Waals surface area (Å²) in [6.07, 6.45) is 0.439. The molecule has 0 amide bonds. The molecule has 0 aliphatic heterocycles. The minimum absolute atomic E-state index is 0.0583. The van der Waals surface area contributed by atoms with Gasteiger partial charge in [0.15, 0.2) is 5.58 Å². The molecule has 2 rings (SSSR count). The summed E-state index contributed by atoms with van der Waals surface area (Å²) in [6, 6.07) is 4.91. The zero-order valence-corrected chi connectivity index (χ0v) is 12.4. The quantitative estimate of drug-likeness (QED) is 0.940. The van der Waals surface area contributed by atoms with Crippen LogP contribution >= 0.6 is 0 Å². The molecule has 5 nitrogen and oxygen atoms in total. The van der Waals surface area contributed by atoms with Crippen molar-refractivity contribution in [3.63, 3.8) is 0 Å². The lowest BCUT2D eigenvalue weighted by Crippen LogP contribution is -2.30. The molecule has 114 valence electrons. The molecule has 1 aromatic heterocycles. The zero-order chi connectivity index (χ0) is 15.6. The normalized spacial score (nSPS) is 12.9. The van der Waals surface area contributed by atoms with E-state index in [1.165, 1.54) is 4.74 Å². The number of benzene rings is 1. The smallest absolute Gasteiger partial charge is 0.290 e. The van der Waals surface area contributed by atoms with Crippen molar-refractivity contribution in [2.24, 2.45) is 5.73 Å². The molecule has 0 unspecified atom stereocenters. The Bertz CT molecular complexity index is 723. The number of hydrogen-bond donors (Lipinski definition) is 1. The highest BCUT2D eigenvalue weighted by atomic mass is 19.1. The standard InChI is InChI=1S/C15H19FN2O3/c1-15(2,3)18-14(19)12-5-4-11(6-13(12)21-18)20-9-10(7-16)8-17/h4-7H,8-9,17H2,1-3H3/b10-7-. The molecule has 1 aromatic carbocycles. The summed E-state index contributed by atoms with van der Waals surface area (Å²) in [5, 5.41) is 0.484. The molecule has 0 bridgehead atoms. The van der Waals surface area contributed by atoms with Gasteiger partial charge in [0.25, 0.3) is 5.56 Å². The van der Waals surface area contributed by atoms with Crippen LogP contribution in [0.15, 0.2) is 39.4 Å². The average Bonchev–Trinajstić information content (AvgIpc) is 2.77. The van der Waals surface area contributed by atoms with Crippen molar-refractivity contribution in [2.75, 3.05) is 13.2 Å². The molecule has 1 heterocycles. The van der Waals surface area contributed by atoms with Crippen molar-refractivity contribution in [3.05, 3.63) is 40.5 Å². The Morgan fingerprint density at radius 3 is 2.76 bits per heavy atom. The molecule has 2 N–H and O–H groups in total. The Labute approximate surface area is 121 Å². The number of hydrogen-bond acceptors (Lipinski definition) is 4. The van der Waals surface area contributed by atoms with E-state index < -0.39 is 5.54 Å². The highest BCUT2D eigenvalue weighted by Crippen LogP contribution is 2.22. The lowest BCUT2D eigenvalue weighted by Gasteiger charge is -2.16. The summed E-state index contributed by atoms with van der Waals surface area (Å²) in [5.74, 6) is 0.491. The van der Waals surface area contributed by atoms with Crippen molar-refractivity contribution < 1.29 is 13.7 Å². The summed E-state index contributed by atoms with van der Waals surface area (Å²) >= 11 is 0. The van der Waals surface area contributed by atoms with Gasteiger partial charge in [-0.1, -0.05) is 0 Å². The van der Waals surface area contributed by atoms with Crippen molar-refractivity contribution in [2.45, 2.75) is 26.3 Å². The van der Waals surface area contributed by atoms with Gasteiger partial charge in [-0.25, -0.2) is 4.39 Å². The van der Waals surface area contributed by atoms with Crippen LogP contribution in [0, 0.1) is 0 Å². The Kier molecular flexibility index (Phi) is 4.18. The maximum Gasteiger partial charge on any atom is 0.290 e. The molecule has 0 aliphatic rings. The molecule has 6 heteroatoms. The van der Waals surface area contributed by atoms with E-state index in [9.17, 15) is 9.18 Å². The van der Waals surface area contributed by atoms with Crippen molar-refractivity contribution >= 4 is 11.0 Å². The lowest BCUT2D eigenvalue weighted by molar-refractivity contribution is 0.171. The topological polar surface area (TPSA) is 70.4 Å². The van der Waals surface area contributed by atoms with Gasteiger partial charge in [0, 0.05) is 18.2 Å². The van der Waals surface area contributed by atoms with Gasteiger partial charge >= 0.3 is 0 Å². The number of rotatable bonds is 4. The van der Waals surface area contributed by atoms with Crippen LogP contribution in [0.4, 0.5) is 4.39 Å². The SMILES string of the molecule is CC(C)(C)n1oc2cc(OC/C(=C\F)CN)ccc2c1=O. The molecular weight excluding hydrogens is 275 g/mol. The van der Waals surface area contributed by atoms with Crippen LogP contribution in [0.1, 0.15) is 20.8 Å². The molecule has 0 radical (unpaired) electrons. The maximum absolute atomic E-state index is 12.4. The molecule has 2 aromatic rings. The van der Waals surface area contributed by atoms with E-state index in [4.69, 9.17) is 15.0 Å². The summed E-state index contributed by atoms with van der Waals surface area (Å²) in [6.45, 7) is 5.80. The first-order valence-corrected chi connectivity index (χ1v) is 6.64. The number of nitrogens with two attached hydrogens (primary N) is 1. The van der Waals surface area contributed by atoms with E-state index in [0.29, 0.717) is 28.6 Å². The van der Waals surface area contributed by atoms with E-state index in [-0.39, 0.29) is 18.7 Å². The molecule has 0 saturated carbocycles. The largest absolute Gasteiger partial charge is 0.489 e. The van der Waals surface area contributed by atoms with Crippen LogP contribution in [0.3, 0.4) is 0 Å². The molecule has 0 atom stereocenters. The van der Waals surface area contributed by atoms with Crippen molar-refractivity contribution in [3.8, 4) is 5.75 Å². The first-order valence-electron chi connectivity index (χ1n) is 6.64. The third-order valence-electron chi connectivity index (χ3n) is 3.01. The van der Waals surface area contributed by atoms with Gasteiger partial charge in [0.2, 0.25) is 0 Å². The van der Waals surface area contributed by atoms with Gasteiger partial charge < -0.3 is 15.0 Å². The first kappa shape index (κ1) is 15.3. The van der Waals surface area contributed by atoms with E-state index in [2.05, 4.69) is 0 Å². The highest BCUT2D eigenvalue weighted by molar-refractivity contribution is 5.77. The number of fused-ring (bicyclic) bond motifs is 1. The number of ether oxygens (including phenoxy) is 1. The maximum atomic E-state index is 12.4. The first-order chi connectivity index (χ1) is 9.86. The molecule has 0 fully saturated rings.